The third kappa shape index (κ3) is 3.58. The Hall–Kier alpha value is -1.32. The predicted octanol–water partition coefficient (Wildman–Crippen LogP) is 3.18. The minimum absolute atomic E-state index is 0.775. The van der Waals surface area contributed by atoms with E-state index in [9.17, 15) is 0 Å². The first kappa shape index (κ1) is 14.1. The molecule has 2 aromatic rings. The number of aromatic nitrogens is 1. The molecule has 0 amide bonds. The summed E-state index contributed by atoms with van der Waals surface area (Å²) in [5.74, 6) is 0. The molecular weight excluding hydrogens is 236 g/mol. The molecule has 1 aromatic carbocycles. The number of hydrogen-bond acceptors (Lipinski definition) is 2. The second kappa shape index (κ2) is 7.31. The topological polar surface area (TPSA) is 26.2 Å². The van der Waals surface area contributed by atoms with Crippen LogP contribution >= 0.6 is 0 Å². The summed E-state index contributed by atoms with van der Waals surface area (Å²) in [6.45, 7) is 8.70. The molecule has 0 aliphatic carbocycles. The van der Waals surface area contributed by atoms with Crippen LogP contribution in [0.4, 0.5) is 0 Å². The van der Waals surface area contributed by atoms with Crippen molar-refractivity contribution in [3.63, 3.8) is 0 Å². The van der Waals surface area contributed by atoms with E-state index in [1.54, 1.807) is 0 Å². The summed E-state index contributed by atoms with van der Waals surface area (Å²) in [5.41, 5.74) is 2.71. The lowest BCUT2D eigenvalue weighted by atomic mass is 10.1. The summed E-state index contributed by atoms with van der Waals surface area (Å²) in [5, 5.41) is 4.80. The molecule has 3 heteroatoms. The van der Waals surface area contributed by atoms with Gasteiger partial charge in [0.2, 0.25) is 0 Å². The van der Waals surface area contributed by atoms with E-state index in [1.165, 1.54) is 22.9 Å². The van der Waals surface area contributed by atoms with E-state index in [0.717, 1.165) is 32.8 Å². The molecular formula is C16H24N2O. The van der Waals surface area contributed by atoms with Crippen LogP contribution < -0.4 is 5.32 Å². The van der Waals surface area contributed by atoms with Gasteiger partial charge < -0.3 is 14.6 Å². The quantitative estimate of drug-likeness (QED) is 0.738. The Kier molecular flexibility index (Phi) is 5.43. The highest BCUT2D eigenvalue weighted by Gasteiger charge is 2.06. The van der Waals surface area contributed by atoms with Crippen LogP contribution in [0, 0.1) is 0 Å². The second-order valence-electron chi connectivity index (χ2n) is 4.74. The SMILES string of the molecule is CCCNCc1cccc2ccn(CCOCC)c12. The van der Waals surface area contributed by atoms with Gasteiger partial charge in [0.05, 0.1) is 12.1 Å². The molecule has 0 saturated heterocycles. The normalized spacial score (nSPS) is 11.3. The average Bonchev–Trinajstić information content (AvgIpc) is 2.84. The molecule has 0 spiro atoms. The molecule has 104 valence electrons. The number of para-hydroxylation sites is 1. The molecule has 0 unspecified atom stereocenters. The summed E-state index contributed by atoms with van der Waals surface area (Å²) >= 11 is 0. The third-order valence-electron chi connectivity index (χ3n) is 3.29. The van der Waals surface area contributed by atoms with Gasteiger partial charge in [-0.2, -0.15) is 0 Å². The summed E-state index contributed by atoms with van der Waals surface area (Å²) < 4.78 is 7.76. The van der Waals surface area contributed by atoms with Crippen LogP contribution in [0.1, 0.15) is 25.8 Å². The van der Waals surface area contributed by atoms with E-state index >= 15 is 0 Å². The Morgan fingerprint density at radius 1 is 1.21 bits per heavy atom. The molecule has 2 rings (SSSR count). The summed E-state index contributed by atoms with van der Waals surface area (Å²) in [7, 11) is 0. The Balaban J connectivity index is 2.17. The highest BCUT2D eigenvalue weighted by Crippen LogP contribution is 2.20. The van der Waals surface area contributed by atoms with E-state index in [2.05, 4.69) is 47.3 Å². The fraction of sp³-hybridized carbons (Fsp3) is 0.500. The standard InChI is InChI=1S/C16H24N2O/c1-3-9-17-13-15-7-5-6-14-8-10-18(16(14)15)11-12-19-4-2/h5-8,10,17H,3-4,9,11-13H2,1-2H3. The van der Waals surface area contributed by atoms with E-state index < -0.39 is 0 Å². The predicted molar refractivity (Wildman–Crippen MR) is 80.4 cm³/mol. The van der Waals surface area contributed by atoms with Crippen molar-refractivity contribution in [1.82, 2.24) is 9.88 Å². The molecule has 0 atom stereocenters. The molecule has 0 aliphatic heterocycles. The summed E-state index contributed by atoms with van der Waals surface area (Å²) in [6.07, 6.45) is 3.33. The molecule has 0 aliphatic rings. The largest absolute Gasteiger partial charge is 0.380 e. The minimum Gasteiger partial charge on any atom is -0.380 e. The Bertz CT molecular complexity index is 504. The lowest BCUT2D eigenvalue weighted by Crippen LogP contribution is -2.15. The van der Waals surface area contributed by atoms with Crippen LogP contribution in [-0.4, -0.2) is 24.3 Å². The monoisotopic (exact) mass is 260 g/mol. The van der Waals surface area contributed by atoms with Crippen LogP contribution in [0.2, 0.25) is 0 Å². The zero-order valence-corrected chi connectivity index (χ0v) is 12.0. The number of rotatable bonds is 8. The van der Waals surface area contributed by atoms with Gasteiger partial charge in [-0.15, -0.1) is 0 Å². The van der Waals surface area contributed by atoms with E-state index in [-0.39, 0.29) is 0 Å². The highest BCUT2D eigenvalue weighted by molar-refractivity contribution is 5.83. The fourth-order valence-corrected chi connectivity index (χ4v) is 2.38. The maximum atomic E-state index is 5.46. The fourth-order valence-electron chi connectivity index (χ4n) is 2.38. The lowest BCUT2D eigenvalue weighted by Gasteiger charge is -2.10. The first-order valence-corrected chi connectivity index (χ1v) is 7.22. The second-order valence-corrected chi connectivity index (χ2v) is 4.74. The molecule has 0 bridgehead atoms. The zero-order valence-electron chi connectivity index (χ0n) is 12.0. The van der Waals surface area contributed by atoms with Gasteiger partial charge in [0.15, 0.2) is 0 Å². The van der Waals surface area contributed by atoms with Gasteiger partial charge >= 0.3 is 0 Å². The van der Waals surface area contributed by atoms with Crippen LogP contribution in [0.3, 0.4) is 0 Å². The maximum Gasteiger partial charge on any atom is 0.0645 e. The summed E-state index contributed by atoms with van der Waals surface area (Å²) in [4.78, 5) is 0. The molecule has 0 radical (unpaired) electrons. The third-order valence-corrected chi connectivity index (χ3v) is 3.29. The van der Waals surface area contributed by atoms with Crippen LogP contribution in [-0.2, 0) is 17.8 Å². The number of benzene rings is 1. The van der Waals surface area contributed by atoms with Crippen molar-refractivity contribution < 1.29 is 4.74 Å². The van der Waals surface area contributed by atoms with E-state index in [0.29, 0.717) is 0 Å². The first-order valence-electron chi connectivity index (χ1n) is 7.22. The van der Waals surface area contributed by atoms with E-state index in [4.69, 9.17) is 4.74 Å². The van der Waals surface area contributed by atoms with Gasteiger partial charge in [0.25, 0.3) is 0 Å². The molecule has 1 N–H and O–H groups in total. The first-order chi connectivity index (χ1) is 9.36. The van der Waals surface area contributed by atoms with Gasteiger partial charge in [0, 0.05) is 25.9 Å². The van der Waals surface area contributed by atoms with Crippen molar-refractivity contribution in [2.75, 3.05) is 19.8 Å². The molecule has 3 nitrogen and oxygen atoms in total. The smallest absolute Gasteiger partial charge is 0.0645 e. The molecule has 0 saturated carbocycles. The minimum atomic E-state index is 0.775. The Morgan fingerprint density at radius 2 is 2.11 bits per heavy atom. The summed E-state index contributed by atoms with van der Waals surface area (Å²) in [6, 6.07) is 8.71. The zero-order chi connectivity index (χ0) is 13.5. The van der Waals surface area contributed by atoms with Crippen LogP contribution in [0.25, 0.3) is 10.9 Å². The van der Waals surface area contributed by atoms with Crippen LogP contribution in [0.5, 0.6) is 0 Å². The van der Waals surface area contributed by atoms with Crippen molar-refractivity contribution in [1.29, 1.82) is 0 Å². The van der Waals surface area contributed by atoms with Crippen LogP contribution in [0.15, 0.2) is 30.5 Å². The number of nitrogens with zero attached hydrogens (tertiary/aromatic N) is 1. The van der Waals surface area contributed by atoms with Gasteiger partial charge in [-0.1, -0.05) is 25.1 Å². The molecule has 0 fully saturated rings. The average molecular weight is 260 g/mol. The molecule has 1 aromatic heterocycles. The van der Waals surface area contributed by atoms with Gasteiger partial charge in [-0.05, 0) is 36.9 Å². The van der Waals surface area contributed by atoms with Gasteiger partial charge in [-0.25, -0.2) is 0 Å². The number of fused-ring (bicyclic) bond motifs is 1. The van der Waals surface area contributed by atoms with Crippen molar-refractivity contribution in [2.45, 2.75) is 33.4 Å². The van der Waals surface area contributed by atoms with Gasteiger partial charge in [-0.3, -0.25) is 0 Å². The Morgan fingerprint density at radius 3 is 2.89 bits per heavy atom. The number of ether oxygens (including phenoxy) is 1. The maximum absolute atomic E-state index is 5.46. The lowest BCUT2D eigenvalue weighted by molar-refractivity contribution is 0.140. The van der Waals surface area contributed by atoms with Gasteiger partial charge in [0.1, 0.15) is 0 Å². The van der Waals surface area contributed by atoms with Crippen molar-refractivity contribution in [3.05, 3.63) is 36.0 Å². The van der Waals surface area contributed by atoms with E-state index in [1.807, 2.05) is 6.92 Å². The molecule has 19 heavy (non-hydrogen) atoms. The Labute approximate surface area is 115 Å². The number of hydrogen-bond donors (Lipinski definition) is 1. The van der Waals surface area contributed by atoms with Crippen molar-refractivity contribution in [3.8, 4) is 0 Å². The highest BCUT2D eigenvalue weighted by atomic mass is 16.5. The van der Waals surface area contributed by atoms with Crippen molar-refractivity contribution >= 4 is 10.9 Å². The van der Waals surface area contributed by atoms with Crippen molar-refractivity contribution in [2.24, 2.45) is 0 Å². The molecule has 1 heterocycles. The number of nitrogens with one attached hydrogen (secondary N) is 1.